The average Bonchev–Trinajstić information content (AvgIpc) is 1.88. The first-order chi connectivity index (χ1) is 4.33. The zero-order valence-corrected chi connectivity index (χ0v) is 5.17. The smallest absolute Gasteiger partial charge is 0.116 e. The highest BCUT2D eigenvalue weighted by atomic mass is 16.3. The van der Waals surface area contributed by atoms with Crippen molar-refractivity contribution >= 4 is 0 Å². The molecule has 0 unspecified atom stereocenters. The lowest BCUT2D eigenvalue weighted by Crippen LogP contribution is -2.47. The number of rotatable bonds is 1. The van der Waals surface area contributed by atoms with Crippen LogP contribution in [-0.4, -0.2) is 5.11 Å². The Bertz CT molecular complexity index is 198. The van der Waals surface area contributed by atoms with Gasteiger partial charge in [-0.2, -0.15) is 0 Å². The molecule has 0 amide bonds. The van der Waals surface area contributed by atoms with Crippen LogP contribution in [0, 0.1) is 0 Å². The lowest BCUT2D eigenvalue weighted by Gasteiger charge is -1.92. The number of quaternary nitrogens is 1. The van der Waals surface area contributed by atoms with Gasteiger partial charge in [0.2, 0.25) is 0 Å². The van der Waals surface area contributed by atoms with E-state index in [2.05, 4.69) is 5.73 Å². The van der Waals surface area contributed by atoms with E-state index < -0.39 is 0 Å². The van der Waals surface area contributed by atoms with Gasteiger partial charge in [-0.1, -0.05) is 12.1 Å². The summed E-state index contributed by atoms with van der Waals surface area (Å²) in [5.74, 6) is 0.316. The van der Waals surface area contributed by atoms with E-state index in [0.717, 1.165) is 12.1 Å². The van der Waals surface area contributed by atoms with Crippen LogP contribution in [0.3, 0.4) is 0 Å². The molecule has 0 saturated heterocycles. The number of benzene rings is 1. The molecule has 0 heterocycles. The van der Waals surface area contributed by atoms with E-state index in [-0.39, 0.29) is 0 Å². The molecule has 48 valence electrons. The summed E-state index contributed by atoms with van der Waals surface area (Å²) in [5, 5.41) is 8.92. The summed E-state index contributed by atoms with van der Waals surface area (Å²) < 4.78 is 0. The van der Waals surface area contributed by atoms with Gasteiger partial charge in [-0.15, -0.1) is 0 Å². The molecule has 0 spiro atoms. The fraction of sp³-hybridized carbons (Fsp3) is 0.143. The molecule has 1 aromatic carbocycles. The van der Waals surface area contributed by atoms with Gasteiger partial charge in [-0.25, -0.2) is 0 Å². The van der Waals surface area contributed by atoms with Crippen LogP contribution in [-0.2, 0) is 6.54 Å². The SMILES string of the molecule is [NH3+]Cc1cccc(O)c1. The zero-order valence-electron chi connectivity index (χ0n) is 5.17. The maximum Gasteiger partial charge on any atom is 0.116 e. The summed E-state index contributed by atoms with van der Waals surface area (Å²) in [5.41, 5.74) is 4.75. The predicted molar refractivity (Wildman–Crippen MR) is 34.7 cm³/mol. The maximum atomic E-state index is 8.92. The molecule has 0 saturated carbocycles. The minimum Gasteiger partial charge on any atom is -0.508 e. The fourth-order valence-corrected chi connectivity index (χ4v) is 0.712. The van der Waals surface area contributed by atoms with Crippen molar-refractivity contribution in [1.29, 1.82) is 0 Å². The Morgan fingerprint density at radius 2 is 2.22 bits per heavy atom. The van der Waals surface area contributed by atoms with Gasteiger partial charge in [-0.3, -0.25) is 0 Å². The van der Waals surface area contributed by atoms with Crippen molar-refractivity contribution in [2.75, 3.05) is 0 Å². The van der Waals surface area contributed by atoms with Crippen LogP contribution in [0.1, 0.15) is 5.56 Å². The van der Waals surface area contributed by atoms with E-state index in [1.807, 2.05) is 12.1 Å². The van der Waals surface area contributed by atoms with Gasteiger partial charge in [0, 0.05) is 5.56 Å². The zero-order chi connectivity index (χ0) is 6.69. The third-order valence-corrected chi connectivity index (χ3v) is 1.20. The van der Waals surface area contributed by atoms with Crippen LogP contribution >= 0.6 is 0 Å². The molecule has 0 aliphatic carbocycles. The number of phenols is 1. The highest BCUT2D eigenvalue weighted by molar-refractivity contribution is 5.26. The third kappa shape index (κ3) is 1.44. The molecule has 0 aliphatic rings. The van der Waals surface area contributed by atoms with Crippen LogP contribution in [0.5, 0.6) is 5.75 Å². The Balaban J connectivity index is 2.94. The number of aromatic hydroxyl groups is 1. The van der Waals surface area contributed by atoms with E-state index in [1.165, 1.54) is 0 Å². The summed E-state index contributed by atoms with van der Waals surface area (Å²) in [7, 11) is 0. The minimum atomic E-state index is 0.316. The molecule has 0 atom stereocenters. The summed E-state index contributed by atoms with van der Waals surface area (Å²) in [6.45, 7) is 0.731. The molecule has 1 aromatic rings. The van der Waals surface area contributed by atoms with Crippen molar-refractivity contribution in [2.45, 2.75) is 6.54 Å². The molecule has 0 radical (unpaired) electrons. The highest BCUT2D eigenvalue weighted by Gasteiger charge is 1.90. The molecular weight excluding hydrogens is 114 g/mol. The lowest BCUT2D eigenvalue weighted by molar-refractivity contribution is -0.386. The van der Waals surface area contributed by atoms with Crippen LogP contribution in [0.4, 0.5) is 0 Å². The molecule has 4 N–H and O–H groups in total. The second-order valence-electron chi connectivity index (χ2n) is 1.92. The average molecular weight is 124 g/mol. The summed E-state index contributed by atoms with van der Waals surface area (Å²) in [6, 6.07) is 7.12. The van der Waals surface area contributed by atoms with Crippen LogP contribution < -0.4 is 5.73 Å². The van der Waals surface area contributed by atoms with E-state index in [4.69, 9.17) is 5.11 Å². The predicted octanol–water partition coefficient (Wildman–Crippen LogP) is 0.134. The van der Waals surface area contributed by atoms with Gasteiger partial charge in [-0.05, 0) is 12.1 Å². The first-order valence-corrected chi connectivity index (χ1v) is 2.90. The first kappa shape index (κ1) is 6.11. The Kier molecular flexibility index (Phi) is 1.70. The van der Waals surface area contributed by atoms with Crippen molar-refractivity contribution in [3.05, 3.63) is 29.8 Å². The number of hydrogen-bond donors (Lipinski definition) is 2. The molecule has 0 bridgehead atoms. The molecule has 0 aliphatic heterocycles. The third-order valence-electron chi connectivity index (χ3n) is 1.20. The van der Waals surface area contributed by atoms with Gasteiger partial charge in [0.25, 0.3) is 0 Å². The standard InChI is InChI=1S/C7H9NO/c8-5-6-2-1-3-7(9)4-6/h1-4,9H,5,8H2/p+1. The Morgan fingerprint density at radius 3 is 2.67 bits per heavy atom. The molecule has 1 rings (SSSR count). The molecular formula is C7H10NO+. The number of phenolic OH excluding ortho intramolecular Hbond substituents is 1. The maximum absolute atomic E-state index is 8.92. The minimum absolute atomic E-state index is 0.316. The van der Waals surface area contributed by atoms with Gasteiger partial charge in [0.05, 0.1) is 6.54 Å². The second kappa shape index (κ2) is 2.51. The highest BCUT2D eigenvalue weighted by Crippen LogP contribution is 2.08. The van der Waals surface area contributed by atoms with Crippen LogP contribution in [0.2, 0.25) is 0 Å². The second-order valence-corrected chi connectivity index (χ2v) is 1.92. The fourth-order valence-electron chi connectivity index (χ4n) is 0.712. The Morgan fingerprint density at radius 1 is 1.44 bits per heavy atom. The summed E-state index contributed by atoms with van der Waals surface area (Å²) in [6.07, 6.45) is 0. The number of hydrogen-bond acceptors (Lipinski definition) is 1. The van der Waals surface area contributed by atoms with Gasteiger partial charge in [0.15, 0.2) is 0 Å². The van der Waals surface area contributed by atoms with Crippen molar-refractivity contribution in [1.82, 2.24) is 0 Å². The normalized spacial score (nSPS) is 9.44. The van der Waals surface area contributed by atoms with Crippen molar-refractivity contribution in [3.8, 4) is 5.75 Å². The monoisotopic (exact) mass is 124 g/mol. The van der Waals surface area contributed by atoms with E-state index in [0.29, 0.717) is 5.75 Å². The van der Waals surface area contributed by atoms with Crippen LogP contribution in [0.25, 0.3) is 0 Å². The largest absolute Gasteiger partial charge is 0.508 e. The Labute approximate surface area is 53.9 Å². The molecule has 0 fully saturated rings. The molecule has 0 aromatic heterocycles. The van der Waals surface area contributed by atoms with E-state index in [9.17, 15) is 0 Å². The van der Waals surface area contributed by atoms with Crippen molar-refractivity contribution in [3.63, 3.8) is 0 Å². The van der Waals surface area contributed by atoms with Crippen molar-refractivity contribution < 1.29 is 10.8 Å². The first-order valence-electron chi connectivity index (χ1n) is 2.90. The molecule has 9 heavy (non-hydrogen) atoms. The van der Waals surface area contributed by atoms with Crippen molar-refractivity contribution in [2.24, 2.45) is 0 Å². The molecule has 2 heteroatoms. The van der Waals surface area contributed by atoms with Crippen LogP contribution in [0.15, 0.2) is 24.3 Å². The molecule has 2 nitrogen and oxygen atoms in total. The lowest BCUT2D eigenvalue weighted by atomic mass is 10.2. The van der Waals surface area contributed by atoms with E-state index in [1.54, 1.807) is 12.1 Å². The summed E-state index contributed by atoms with van der Waals surface area (Å²) >= 11 is 0. The Hall–Kier alpha value is -1.02. The summed E-state index contributed by atoms with van der Waals surface area (Å²) in [4.78, 5) is 0. The van der Waals surface area contributed by atoms with Gasteiger partial charge < -0.3 is 10.8 Å². The van der Waals surface area contributed by atoms with Gasteiger partial charge >= 0.3 is 0 Å². The van der Waals surface area contributed by atoms with Gasteiger partial charge in [0.1, 0.15) is 5.75 Å². The topological polar surface area (TPSA) is 47.9 Å². The van der Waals surface area contributed by atoms with E-state index >= 15 is 0 Å². The quantitative estimate of drug-likeness (QED) is 0.549.